The Balaban J connectivity index is 3.32. The molecular weight excluding hydrogens is 248 g/mol. The first-order valence-electron chi connectivity index (χ1n) is 6.17. The average molecular weight is 270 g/mol. The molecule has 0 amide bonds. The molecule has 2 N–H and O–H groups in total. The van der Waals surface area contributed by atoms with Gasteiger partial charge in [0.15, 0.2) is 0 Å². The summed E-state index contributed by atoms with van der Waals surface area (Å²) < 4.78 is 26.4. The molecule has 0 radical (unpaired) electrons. The second-order valence-electron chi connectivity index (χ2n) is 4.34. The molecule has 0 saturated carbocycles. The van der Waals surface area contributed by atoms with E-state index in [9.17, 15) is 8.42 Å². The lowest BCUT2D eigenvalue weighted by Gasteiger charge is -2.24. The van der Waals surface area contributed by atoms with E-state index in [1.165, 1.54) is 7.05 Å². The van der Waals surface area contributed by atoms with Crippen LogP contribution >= 0.6 is 0 Å². The van der Waals surface area contributed by atoms with E-state index in [4.69, 9.17) is 0 Å². The van der Waals surface area contributed by atoms with Gasteiger partial charge >= 0.3 is 0 Å². The second-order valence-corrected chi connectivity index (χ2v) is 6.19. The molecule has 102 valence electrons. The van der Waals surface area contributed by atoms with Crippen LogP contribution in [-0.4, -0.2) is 28.6 Å². The predicted octanol–water partition coefficient (Wildman–Crippen LogP) is 1.70. The van der Waals surface area contributed by atoms with Crippen molar-refractivity contribution in [3.8, 4) is 0 Å². The lowest BCUT2D eigenvalue weighted by Crippen LogP contribution is -2.30. The minimum atomic E-state index is -3.40. The van der Waals surface area contributed by atoms with E-state index in [1.54, 1.807) is 12.1 Å². The van der Waals surface area contributed by atoms with E-state index in [2.05, 4.69) is 23.9 Å². The van der Waals surface area contributed by atoms with Crippen LogP contribution in [0.2, 0.25) is 0 Å². The van der Waals surface area contributed by atoms with Crippen LogP contribution in [0.1, 0.15) is 31.7 Å². The van der Waals surface area contributed by atoms with Crippen LogP contribution in [0, 0.1) is 0 Å². The molecule has 1 aromatic rings. The first-order valence-corrected chi connectivity index (χ1v) is 7.66. The van der Waals surface area contributed by atoms with Crippen molar-refractivity contribution in [2.45, 2.75) is 37.1 Å². The highest BCUT2D eigenvalue weighted by Crippen LogP contribution is 2.28. The van der Waals surface area contributed by atoms with E-state index in [1.807, 2.05) is 19.2 Å². The summed E-state index contributed by atoms with van der Waals surface area (Å²) in [5.41, 5.74) is 0.871. The Kier molecular flexibility index (Phi) is 5.31. The van der Waals surface area contributed by atoms with Gasteiger partial charge in [-0.25, -0.2) is 13.1 Å². The van der Waals surface area contributed by atoms with Gasteiger partial charge in [0.2, 0.25) is 10.0 Å². The molecule has 1 aromatic carbocycles. The van der Waals surface area contributed by atoms with E-state index < -0.39 is 10.0 Å². The van der Waals surface area contributed by atoms with Crippen molar-refractivity contribution >= 4 is 10.0 Å². The standard InChI is InChI=1S/C13H22N2O2S/c1-5-11(10(2)14-3)12-8-6-7-9-13(12)18(16,17)15-4/h6-11,14-15H,5H2,1-4H3. The number of nitrogens with one attached hydrogen (secondary N) is 2. The summed E-state index contributed by atoms with van der Waals surface area (Å²) in [5, 5.41) is 3.20. The number of likely N-dealkylation sites (N-methyl/N-ethyl adjacent to an activating group) is 1. The van der Waals surface area contributed by atoms with Crippen LogP contribution in [0.15, 0.2) is 29.2 Å². The van der Waals surface area contributed by atoms with Crippen LogP contribution in [0.5, 0.6) is 0 Å². The fourth-order valence-corrected chi connectivity index (χ4v) is 3.19. The third-order valence-corrected chi connectivity index (χ3v) is 4.86. The quantitative estimate of drug-likeness (QED) is 0.827. The normalized spacial score (nSPS) is 15.3. The van der Waals surface area contributed by atoms with Crippen molar-refractivity contribution in [3.05, 3.63) is 29.8 Å². The Morgan fingerprint density at radius 2 is 1.83 bits per heavy atom. The molecule has 4 nitrogen and oxygen atoms in total. The van der Waals surface area contributed by atoms with Gasteiger partial charge in [-0.15, -0.1) is 0 Å². The molecule has 0 aliphatic carbocycles. The molecule has 0 aromatic heterocycles. The van der Waals surface area contributed by atoms with E-state index >= 15 is 0 Å². The molecule has 0 bridgehead atoms. The molecular formula is C13H22N2O2S. The fraction of sp³-hybridized carbons (Fsp3) is 0.538. The van der Waals surface area contributed by atoms with Crippen LogP contribution in [-0.2, 0) is 10.0 Å². The topological polar surface area (TPSA) is 58.2 Å². The summed E-state index contributed by atoms with van der Waals surface area (Å²) in [6, 6.07) is 7.42. The van der Waals surface area contributed by atoms with Gasteiger partial charge < -0.3 is 5.32 Å². The van der Waals surface area contributed by atoms with Gasteiger partial charge in [0, 0.05) is 12.0 Å². The van der Waals surface area contributed by atoms with Crippen molar-refractivity contribution in [3.63, 3.8) is 0 Å². The Bertz CT molecular complexity index is 486. The largest absolute Gasteiger partial charge is 0.317 e. The Morgan fingerprint density at radius 1 is 1.22 bits per heavy atom. The Morgan fingerprint density at radius 3 is 2.33 bits per heavy atom. The summed E-state index contributed by atoms with van der Waals surface area (Å²) in [6.45, 7) is 4.14. The monoisotopic (exact) mass is 270 g/mol. The smallest absolute Gasteiger partial charge is 0.240 e. The second kappa shape index (κ2) is 6.31. The number of hydrogen-bond donors (Lipinski definition) is 2. The van der Waals surface area contributed by atoms with Gasteiger partial charge in [-0.1, -0.05) is 25.1 Å². The third-order valence-electron chi connectivity index (χ3n) is 3.38. The maximum Gasteiger partial charge on any atom is 0.240 e. The summed E-state index contributed by atoms with van der Waals surface area (Å²) in [4.78, 5) is 0.376. The number of sulfonamides is 1. The highest BCUT2D eigenvalue weighted by molar-refractivity contribution is 7.89. The predicted molar refractivity (Wildman–Crippen MR) is 74.2 cm³/mol. The van der Waals surface area contributed by atoms with E-state index in [-0.39, 0.29) is 12.0 Å². The first kappa shape index (κ1) is 15.1. The molecule has 2 unspecified atom stereocenters. The summed E-state index contributed by atoms with van der Waals surface area (Å²) in [6.07, 6.45) is 0.887. The zero-order valence-electron chi connectivity index (χ0n) is 11.4. The maximum atomic E-state index is 12.0. The van der Waals surface area contributed by atoms with Crippen LogP contribution in [0.25, 0.3) is 0 Å². The van der Waals surface area contributed by atoms with Crippen molar-refractivity contribution in [2.75, 3.05) is 14.1 Å². The molecule has 0 saturated heterocycles. The van der Waals surface area contributed by atoms with Crippen LogP contribution < -0.4 is 10.0 Å². The first-order chi connectivity index (χ1) is 8.47. The lowest BCUT2D eigenvalue weighted by molar-refractivity contribution is 0.476. The van der Waals surface area contributed by atoms with Crippen molar-refractivity contribution in [2.24, 2.45) is 0 Å². The lowest BCUT2D eigenvalue weighted by atomic mass is 9.90. The highest BCUT2D eigenvalue weighted by Gasteiger charge is 2.24. The number of rotatable bonds is 6. The van der Waals surface area contributed by atoms with Crippen LogP contribution in [0.3, 0.4) is 0 Å². The molecule has 2 atom stereocenters. The van der Waals surface area contributed by atoms with Gasteiger partial charge in [0.05, 0.1) is 4.90 Å². The van der Waals surface area contributed by atoms with Gasteiger partial charge in [-0.3, -0.25) is 0 Å². The highest BCUT2D eigenvalue weighted by atomic mass is 32.2. The van der Waals surface area contributed by atoms with Gasteiger partial charge in [0.1, 0.15) is 0 Å². The zero-order valence-corrected chi connectivity index (χ0v) is 12.2. The van der Waals surface area contributed by atoms with E-state index in [0.29, 0.717) is 4.90 Å². The SMILES string of the molecule is CCC(c1ccccc1S(=O)(=O)NC)C(C)NC. The molecule has 5 heteroatoms. The Hall–Kier alpha value is -0.910. The van der Waals surface area contributed by atoms with Crippen molar-refractivity contribution in [1.82, 2.24) is 10.0 Å². The summed E-state index contributed by atoms with van der Waals surface area (Å²) >= 11 is 0. The molecule has 18 heavy (non-hydrogen) atoms. The average Bonchev–Trinajstić information content (AvgIpc) is 2.39. The van der Waals surface area contributed by atoms with Crippen molar-refractivity contribution < 1.29 is 8.42 Å². The molecule has 0 fully saturated rings. The zero-order chi connectivity index (χ0) is 13.8. The van der Waals surface area contributed by atoms with Gasteiger partial charge in [-0.05, 0) is 39.1 Å². The number of hydrogen-bond acceptors (Lipinski definition) is 3. The third kappa shape index (κ3) is 3.10. The molecule has 0 spiro atoms. The fourth-order valence-electron chi connectivity index (χ4n) is 2.19. The Labute approximate surface area is 110 Å². The van der Waals surface area contributed by atoms with Gasteiger partial charge in [0.25, 0.3) is 0 Å². The van der Waals surface area contributed by atoms with Crippen LogP contribution in [0.4, 0.5) is 0 Å². The molecule has 1 rings (SSSR count). The maximum absolute atomic E-state index is 12.0. The number of benzene rings is 1. The van der Waals surface area contributed by atoms with Crippen molar-refractivity contribution in [1.29, 1.82) is 0 Å². The molecule has 0 heterocycles. The van der Waals surface area contributed by atoms with Gasteiger partial charge in [-0.2, -0.15) is 0 Å². The van der Waals surface area contributed by atoms with E-state index in [0.717, 1.165) is 12.0 Å². The summed E-state index contributed by atoms with van der Waals surface area (Å²) in [5.74, 6) is 0.175. The summed E-state index contributed by atoms with van der Waals surface area (Å²) in [7, 11) is -0.0730. The molecule has 0 aliphatic heterocycles. The minimum Gasteiger partial charge on any atom is -0.317 e. The minimum absolute atomic E-state index is 0.175. The molecule has 0 aliphatic rings.